The average Bonchev–Trinajstić information content (AvgIpc) is 3.00. The van der Waals surface area contributed by atoms with Crippen LogP contribution in [0.2, 0.25) is 0 Å². The summed E-state index contributed by atoms with van der Waals surface area (Å²) in [5, 5.41) is 12.7. The van der Waals surface area contributed by atoms with Gasteiger partial charge < -0.3 is 16.2 Å². The molecular formula is C16H14N4O3S. The Hall–Kier alpha value is -3.00. The van der Waals surface area contributed by atoms with E-state index in [9.17, 15) is 14.7 Å². The fourth-order valence-electron chi connectivity index (χ4n) is 2.28. The number of carbonyl (C=O) groups is 2. The summed E-state index contributed by atoms with van der Waals surface area (Å²) in [5.41, 5.74) is 6.14. The Bertz CT molecular complexity index is 895. The van der Waals surface area contributed by atoms with E-state index in [0.717, 1.165) is 15.3 Å². The number of amides is 1. The number of anilines is 1. The lowest BCUT2D eigenvalue weighted by molar-refractivity contribution is -0.139. The van der Waals surface area contributed by atoms with Crippen molar-refractivity contribution in [2.45, 2.75) is 12.5 Å². The average molecular weight is 342 g/mol. The summed E-state index contributed by atoms with van der Waals surface area (Å²) in [4.78, 5) is 32.4. The van der Waals surface area contributed by atoms with Gasteiger partial charge in [-0.25, -0.2) is 14.8 Å². The van der Waals surface area contributed by atoms with Gasteiger partial charge in [0, 0.05) is 4.88 Å². The van der Waals surface area contributed by atoms with Gasteiger partial charge in [0.05, 0.1) is 11.8 Å². The Morgan fingerprint density at radius 1 is 1.25 bits per heavy atom. The number of aliphatic carboxylic acids is 1. The molecule has 1 unspecified atom stereocenters. The zero-order valence-corrected chi connectivity index (χ0v) is 13.3. The molecule has 1 atom stereocenters. The van der Waals surface area contributed by atoms with Gasteiger partial charge in [-0.15, -0.1) is 11.3 Å². The summed E-state index contributed by atoms with van der Waals surface area (Å²) in [6.45, 7) is 0. The number of rotatable bonds is 6. The summed E-state index contributed by atoms with van der Waals surface area (Å²) >= 11 is 1.48. The van der Waals surface area contributed by atoms with Crippen LogP contribution in [0.1, 0.15) is 6.42 Å². The number of nitrogens with zero attached hydrogens (tertiary/aromatic N) is 2. The molecule has 0 saturated heterocycles. The van der Waals surface area contributed by atoms with E-state index in [-0.39, 0.29) is 6.42 Å². The van der Waals surface area contributed by atoms with Crippen LogP contribution in [0.5, 0.6) is 0 Å². The highest BCUT2D eigenvalue weighted by molar-refractivity contribution is 7.21. The summed E-state index contributed by atoms with van der Waals surface area (Å²) in [6.07, 6.45) is 1.04. The molecule has 3 aromatic rings. The zero-order chi connectivity index (χ0) is 17.1. The van der Waals surface area contributed by atoms with Crippen molar-refractivity contribution < 1.29 is 14.7 Å². The van der Waals surface area contributed by atoms with E-state index in [1.807, 2.05) is 36.4 Å². The standard InChI is InChI=1S/C16H14N4O3S/c17-13(21)7-11(16(22)23)20-14-10-6-12(9-4-2-1-3-5-9)24-15(10)19-8-18-14/h1-6,8,11H,7H2,(H2,17,21)(H,22,23)(H,18,19,20). The molecule has 7 nitrogen and oxygen atoms in total. The molecule has 122 valence electrons. The van der Waals surface area contributed by atoms with Crippen molar-refractivity contribution in [3.8, 4) is 10.4 Å². The predicted octanol–water partition coefficient (Wildman–Crippen LogP) is 2.10. The van der Waals surface area contributed by atoms with E-state index in [2.05, 4.69) is 15.3 Å². The molecule has 8 heteroatoms. The number of primary amides is 1. The monoisotopic (exact) mass is 342 g/mol. The Balaban J connectivity index is 1.98. The Labute approximate surface area is 141 Å². The van der Waals surface area contributed by atoms with Crippen LogP contribution in [0.3, 0.4) is 0 Å². The molecule has 2 aromatic heterocycles. The number of nitrogens with one attached hydrogen (secondary N) is 1. The number of carboxylic acid groups (broad SMARTS) is 1. The number of hydrogen-bond acceptors (Lipinski definition) is 6. The molecule has 0 aliphatic rings. The maximum Gasteiger partial charge on any atom is 0.326 e. The van der Waals surface area contributed by atoms with Gasteiger partial charge in [-0.3, -0.25) is 4.79 Å². The number of aromatic nitrogens is 2. The summed E-state index contributed by atoms with van der Waals surface area (Å²) < 4.78 is 0. The van der Waals surface area contributed by atoms with Crippen molar-refractivity contribution >= 4 is 39.2 Å². The number of thiophene rings is 1. The SMILES string of the molecule is NC(=O)CC(Nc1ncnc2sc(-c3ccccc3)cc12)C(=O)O. The fourth-order valence-corrected chi connectivity index (χ4v) is 3.29. The highest BCUT2D eigenvalue weighted by atomic mass is 32.1. The van der Waals surface area contributed by atoms with Crippen molar-refractivity contribution in [3.05, 3.63) is 42.7 Å². The lowest BCUT2D eigenvalue weighted by atomic mass is 10.1. The van der Waals surface area contributed by atoms with E-state index < -0.39 is 17.9 Å². The lowest BCUT2D eigenvalue weighted by Gasteiger charge is -2.13. The van der Waals surface area contributed by atoms with Crippen molar-refractivity contribution in [1.29, 1.82) is 0 Å². The van der Waals surface area contributed by atoms with E-state index in [4.69, 9.17) is 5.73 Å². The maximum atomic E-state index is 11.3. The van der Waals surface area contributed by atoms with Crippen LogP contribution < -0.4 is 11.1 Å². The molecule has 0 spiro atoms. The van der Waals surface area contributed by atoms with Gasteiger partial charge in [0.2, 0.25) is 5.91 Å². The molecule has 24 heavy (non-hydrogen) atoms. The van der Waals surface area contributed by atoms with Gasteiger partial charge in [-0.1, -0.05) is 30.3 Å². The lowest BCUT2D eigenvalue weighted by Crippen LogP contribution is -2.34. The smallest absolute Gasteiger partial charge is 0.326 e. The van der Waals surface area contributed by atoms with Gasteiger partial charge in [-0.05, 0) is 11.6 Å². The second kappa shape index (κ2) is 6.63. The Morgan fingerprint density at radius 3 is 2.67 bits per heavy atom. The Kier molecular flexibility index (Phi) is 4.39. The molecule has 0 fully saturated rings. The van der Waals surface area contributed by atoms with Gasteiger partial charge in [0.25, 0.3) is 0 Å². The van der Waals surface area contributed by atoms with Crippen molar-refractivity contribution in [3.63, 3.8) is 0 Å². The van der Waals surface area contributed by atoms with Gasteiger partial charge in [-0.2, -0.15) is 0 Å². The minimum Gasteiger partial charge on any atom is -0.480 e. The highest BCUT2D eigenvalue weighted by Gasteiger charge is 2.22. The molecule has 3 rings (SSSR count). The molecule has 0 saturated carbocycles. The fraction of sp³-hybridized carbons (Fsp3) is 0.125. The zero-order valence-electron chi connectivity index (χ0n) is 12.5. The summed E-state index contributed by atoms with van der Waals surface area (Å²) in [7, 11) is 0. The Morgan fingerprint density at radius 2 is 2.00 bits per heavy atom. The van der Waals surface area contributed by atoms with Gasteiger partial charge in [0.15, 0.2) is 0 Å². The van der Waals surface area contributed by atoms with Crippen LogP contribution in [-0.4, -0.2) is 33.0 Å². The minimum atomic E-state index is -1.17. The second-order valence-electron chi connectivity index (χ2n) is 5.12. The van der Waals surface area contributed by atoms with Crippen molar-refractivity contribution in [2.24, 2.45) is 5.73 Å². The minimum absolute atomic E-state index is 0.323. The largest absolute Gasteiger partial charge is 0.480 e. The normalized spacial score (nSPS) is 12.0. The predicted molar refractivity (Wildman–Crippen MR) is 91.7 cm³/mol. The van der Waals surface area contributed by atoms with E-state index >= 15 is 0 Å². The number of carboxylic acids is 1. The van der Waals surface area contributed by atoms with E-state index in [0.29, 0.717) is 11.2 Å². The summed E-state index contributed by atoms with van der Waals surface area (Å²) in [6, 6.07) is 10.6. The van der Waals surface area contributed by atoms with Crippen LogP contribution >= 0.6 is 11.3 Å². The van der Waals surface area contributed by atoms with Gasteiger partial charge >= 0.3 is 5.97 Å². The van der Waals surface area contributed by atoms with E-state index in [1.54, 1.807) is 0 Å². The topological polar surface area (TPSA) is 118 Å². The van der Waals surface area contributed by atoms with Crippen molar-refractivity contribution in [2.75, 3.05) is 5.32 Å². The third-order valence-corrected chi connectivity index (χ3v) is 4.49. The first-order valence-electron chi connectivity index (χ1n) is 7.12. The van der Waals surface area contributed by atoms with Crippen LogP contribution in [0.25, 0.3) is 20.7 Å². The second-order valence-corrected chi connectivity index (χ2v) is 6.15. The highest BCUT2D eigenvalue weighted by Crippen LogP contribution is 2.35. The molecule has 2 heterocycles. The quantitative estimate of drug-likeness (QED) is 0.631. The molecule has 0 bridgehead atoms. The van der Waals surface area contributed by atoms with Crippen molar-refractivity contribution in [1.82, 2.24) is 9.97 Å². The van der Waals surface area contributed by atoms with Crippen LogP contribution in [-0.2, 0) is 9.59 Å². The molecule has 0 aliphatic carbocycles. The van der Waals surface area contributed by atoms with Crippen LogP contribution in [0.4, 0.5) is 5.82 Å². The number of carbonyl (C=O) groups excluding carboxylic acids is 1. The van der Waals surface area contributed by atoms with Crippen LogP contribution in [0.15, 0.2) is 42.7 Å². The van der Waals surface area contributed by atoms with E-state index in [1.165, 1.54) is 17.7 Å². The third-order valence-electron chi connectivity index (χ3n) is 3.40. The molecule has 4 N–H and O–H groups in total. The first kappa shape index (κ1) is 15.9. The molecular weight excluding hydrogens is 328 g/mol. The molecule has 0 aliphatic heterocycles. The molecule has 1 amide bonds. The maximum absolute atomic E-state index is 11.3. The number of hydrogen-bond donors (Lipinski definition) is 3. The first-order chi connectivity index (χ1) is 11.5. The molecule has 1 aromatic carbocycles. The number of nitrogens with two attached hydrogens (primary N) is 1. The third kappa shape index (κ3) is 3.33. The molecule has 0 radical (unpaired) electrons. The summed E-state index contributed by atoms with van der Waals surface area (Å²) in [5.74, 6) is -1.50. The number of benzene rings is 1. The van der Waals surface area contributed by atoms with Crippen LogP contribution in [0, 0.1) is 0 Å². The number of fused-ring (bicyclic) bond motifs is 1. The van der Waals surface area contributed by atoms with Gasteiger partial charge in [0.1, 0.15) is 23.0 Å². The first-order valence-corrected chi connectivity index (χ1v) is 7.94.